The Bertz CT molecular complexity index is 1100. The van der Waals surface area contributed by atoms with Gasteiger partial charge in [-0.1, -0.05) is 30.3 Å². The second kappa shape index (κ2) is 8.36. The molecule has 9 heteroatoms. The molecule has 1 atom stereocenters. The number of nitrogens with zero attached hydrogens (tertiary/aromatic N) is 2. The molecule has 3 rings (SSSR count). The maximum absolute atomic E-state index is 13.9. The van der Waals surface area contributed by atoms with Crippen LogP contribution in [0.2, 0.25) is 5.02 Å². The fraction of sp³-hybridized carbons (Fsp3) is 0.316. The molecule has 0 radical (unpaired) electrons. The molecule has 2 N–H and O–H groups in total. The van der Waals surface area contributed by atoms with Crippen LogP contribution < -0.4 is 10.9 Å². The average Bonchev–Trinajstić information content (AvgIpc) is 3.02. The van der Waals surface area contributed by atoms with Crippen molar-refractivity contribution < 1.29 is 9.18 Å². The SMILES string of the molecule is CCC(C)n1c(SCC(=O)Nc2ccc(Cl)cc2F)nc2cc(C)[nH]c2c1=O. The summed E-state index contributed by atoms with van der Waals surface area (Å²) in [5.74, 6) is -1.02. The zero-order chi connectivity index (χ0) is 20.4. The van der Waals surface area contributed by atoms with Crippen LogP contribution in [0, 0.1) is 12.7 Å². The number of carbonyl (C=O) groups is 1. The van der Waals surface area contributed by atoms with E-state index in [4.69, 9.17) is 11.6 Å². The van der Waals surface area contributed by atoms with Gasteiger partial charge in [-0.3, -0.25) is 14.2 Å². The third kappa shape index (κ3) is 4.23. The van der Waals surface area contributed by atoms with Gasteiger partial charge in [0.1, 0.15) is 11.3 Å². The Morgan fingerprint density at radius 2 is 2.18 bits per heavy atom. The summed E-state index contributed by atoms with van der Waals surface area (Å²) in [6.45, 7) is 5.76. The summed E-state index contributed by atoms with van der Waals surface area (Å²) in [7, 11) is 0. The lowest BCUT2D eigenvalue weighted by Gasteiger charge is -2.17. The number of aromatic amines is 1. The number of amides is 1. The second-order valence-electron chi connectivity index (χ2n) is 6.50. The van der Waals surface area contributed by atoms with E-state index in [9.17, 15) is 14.0 Å². The normalized spacial score (nSPS) is 12.3. The van der Waals surface area contributed by atoms with Gasteiger partial charge >= 0.3 is 0 Å². The van der Waals surface area contributed by atoms with E-state index >= 15 is 0 Å². The van der Waals surface area contributed by atoms with E-state index < -0.39 is 11.7 Å². The summed E-state index contributed by atoms with van der Waals surface area (Å²) in [5, 5.41) is 3.22. The molecule has 3 aromatic rings. The third-order valence-electron chi connectivity index (χ3n) is 4.36. The van der Waals surface area contributed by atoms with Gasteiger partial charge in [0.15, 0.2) is 5.16 Å². The van der Waals surface area contributed by atoms with Crippen LogP contribution in [0.4, 0.5) is 10.1 Å². The van der Waals surface area contributed by atoms with E-state index in [2.05, 4.69) is 15.3 Å². The number of hydrogen-bond donors (Lipinski definition) is 2. The minimum atomic E-state index is -0.607. The first kappa shape index (κ1) is 20.4. The van der Waals surface area contributed by atoms with Crippen molar-refractivity contribution in [2.75, 3.05) is 11.1 Å². The largest absolute Gasteiger partial charge is 0.353 e. The van der Waals surface area contributed by atoms with Crippen LogP contribution in [0.25, 0.3) is 11.0 Å². The van der Waals surface area contributed by atoms with Crippen LogP contribution in [0.1, 0.15) is 32.0 Å². The molecular formula is C19H20ClFN4O2S. The van der Waals surface area contributed by atoms with Crippen LogP contribution in [0.5, 0.6) is 0 Å². The van der Waals surface area contributed by atoms with Crippen molar-refractivity contribution >= 4 is 46.0 Å². The van der Waals surface area contributed by atoms with E-state index in [0.717, 1.165) is 29.9 Å². The van der Waals surface area contributed by atoms with Crippen molar-refractivity contribution in [2.45, 2.75) is 38.4 Å². The molecule has 6 nitrogen and oxygen atoms in total. The van der Waals surface area contributed by atoms with E-state index in [1.807, 2.05) is 20.8 Å². The molecule has 0 aliphatic rings. The first-order valence-electron chi connectivity index (χ1n) is 8.79. The maximum atomic E-state index is 13.9. The monoisotopic (exact) mass is 422 g/mol. The van der Waals surface area contributed by atoms with Crippen LogP contribution in [-0.4, -0.2) is 26.2 Å². The van der Waals surface area contributed by atoms with E-state index in [1.165, 1.54) is 12.1 Å². The molecule has 1 unspecified atom stereocenters. The molecule has 2 heterocycles. The molecule has 0 saturated heterocycles. The predicted octanol–water partition coefficient (Wildman–Crippen LogP) is 4.53. The summed E-state index contributed by atoms with van der Waals surface area (Å²) in [6, 6.07) is 5.76. The van der Waals surface area contributed by atoms with Crippen LogP contribution in [0.15, 0.2) is 34.2 Å². The quantitative estimate of drug-likeness (QED) is 0.452. The number of hydrogen-bond acceptors (Lipinski definition) is 4. The molecule has 1 amide bonds. The highest BCUT2D eigenvalue weighted by atomic mass is 35.5. The van der Waals surface area contributed by atoms with E-state index in [-0.39, 0.29) is 28.1 Å². The topological polar surface area (TPSA) is 79.8 Å². The fourth-order valence-electron chi connectivity index (χ4n) is 2.77. The molecule has 0 spiro atoms. The number of nitrogens with one attached hydrogen (secondary N) is 2. The van der Waals surface area contributed by atoms with Crippen molar-refractivity contribution in [3.05, 3.63) is 51.2 Å². The summed E-state index contributed by atoms with van der Waals surface area (Å²) in [5.41, 5.74) is 1.75. The number of carbonyl (C=O) groups excluding carboxylic acids is 1. The van der Waals surface area contributed by atoms with Crippen LogP contribution in [-0.2, 0) is 4.79 Å². The van der Waals surface area contributed by atoms with Crippen molar-refractivity contribution in [1.82, 2.24) is 14.5 Å². The van der Waals surface area contributed by atoms with E-state index in [0.29, 0.717) is 16.2 Å². The summed E-state index contributed by atoms with van der Waals surface area (Å²) < 4.78 is 15.4. The van der Waals surface area contributed by atoms with Gasteiger partial charge in [0, 0.05) is 16.8 Å². The van der Waals surface area contributed by atoms with Gasteiger partial charge < -0.3 is 10.3 Å². The highest BCUT2D eigenvalue weighted by Gasteiger charge is 2.18. The number of anilines is 1. The zero-order valence-electron chi connectivity index (χ0n) is 15.7. The van der Waals surface area contributed by atoms with Gasteiger partial charge in [0.2, 0.25) is 5.91 Å². The Morgan fingerprint density at radius 3 is 2.86 bits per heavy atom. The number of rotatable bonds is 6. The lowest BCUT2D eigenvalue weighted by atomic mass is 10.2. The summed E-state index contributed by atoms with van der Waals surface area (Å²) in [6.07, 6.45) is 0.739. The molecule has 28 heavy (non-hydrogen) atoms. The molecule has 1 aromatic carbocycles. The number of H-pyrrole nitrogens is 1. The van der Waals surface area contributed by atoms with Crippen molar-refractivity contribution in [1.29, 1.82) is 0 Å². The average molecular weight is 423 g/mol. The number of aromatic nitrogens is 3. The van der Waals surface area contributed by atoms with E-state index in [1.54, 1.807) is 10.6 Å². The van der Waals surface area contributed by atoms with Gasteiger partial charge in [0.05, 0.1) is 17.0 Å². The van der Waals surface area contributed by atoms with Crippen molar-refractivity contribution in [2.24, 2.45) is 0 Å². The molecular weight excluding hydrogens is 403 g/mol. The first-order valence-corrected chi connectivity index (χ1v) is 10.2. The van der Waals surface area contributed by atoms with Gasteiger partial charge in [-0.2, -0.15) is 0 Å². The number of benzene rings is 1. The summed E-state index contributed by atoms with van der Waals surface area (Å²) >= 11 is 6.86. The Kier molecular flexibility index (Phi) is 6.10. The second-order valence-corrected chi connectivity index (χ2v) is 7.88. The zero-order valence-corrected chi connectivity index (χ0v) is 17.2. The molecule has 0 saturated carbocycles. The highest BCUT2D eigenvalue weighted by Crippen LogP contribution is 2.24. The number of aryl methyl sites for hydroxylation is 1. The third-order valence-corrected chi connectivity index (χ3v) is 5.54. The first-order chi connectivity index (χ1) is 13.3. The molecule has 0 aliphatic carbocycles. The standard InChI is InChI=1S/C19H20ClFN4O2S/c1-4-11(3)25-18(27)17-15(7-10(2)22-17)24-19(25)28-9-16(26)23-14-6-5-12(20)8-13(14)21/h5-8,11,22H,4,9H2,1-3H3,(H,23,26). The Hall–Kier alpha value is -2.32. The number of fused-ring (bicyclic) bond motifs is 1. The van der Waals surface area contributed by atoms with Gasteiger partial charge in [0.25, 0.3) is 5.56 Å². The van der Waals surface area contributed by atoms with Crippen molar-refractivity contribution in [3.8, 4) is 0 Å². The summed E-state index contributed by atoms with van der Waals surface area (Å²) in [4.78, 5) is 32.8. The fourth-order valence-corrected chi connectivity index (χ4v) is 3.83. The maximum Gasteiger partial charge on any atom is 0.278 e. The minimum Gasteiger partial charge on any atom is -0.353 e. The molecule has 2 aromatic heterocycles. The van der Waals surface area contributed by atoms with Crippen LogP contribution >= 0.6 is 23.4 Å². The Morgan fingerprint density at radius 1 is 1.43 bits per heavy atom. The number of thioether (sulfide) groups is 1. The predicted molar refractivity (Wildman–Crippen MR) is 111 cm³/mol. The lowest BCUT2D eigenvalue weighted by Crippen LogP contribution is -2.26. The molecule has 0 bridgehead atoms. The van der Waals surface area contributed by atoms with Crippen LogP contribution in [0.3, 0.4) is 0 Å². The van der Waals surface area contributed by atoms with Gasteiger partial charge in [-0.25, -0.2) is 9.37 Å². The smallest absolute Gasteiger partial charge is 0.278 e. The lowest BCUT2D eigenvalue weighted by molar-refractivity contribution is -0.113. The molecule has 0 fully saturated rings. The van der Waals surface area contributed by atoms with Gasteiger partial charge in [-0.15, -0.1) is 0 Å². The minimum absolute atomic E-state index is 0.0140. The van der Waals surface area contributed by atoms with Crippen molar-refractivity contribution in [3.63, 3.8) is 0 Å². The Balaban J connectivity index is 1.84. The molecule has 148 valence electrons. The highest BCUT2D eigenvalue weighted by molar-refractivity contribution is 7.99. The Labute approximate surface area is 170 Å². The number of halogens is 2. The molecule has 0 aliphatic heterocycles. The van der Waals surface area contributed by atoms with Gasteiger partial charge in [-0.05, 0) is 44.5 Å².